The van der Waals surface area contributed by atoms with Gasteiger partial charge in [0, 0.05) is 26.8 Å². The summed E-state index contributed by atoms with van der Waals surface area (Å²) in [6.45, 7) is 2.19. The minimum Gasteiger partial charge on any atom is -0.465 e. The summed E-state index contributed by atoms with van der Waals surface area (Å²) in [5.74, 6) is 0.486. The molecule has 0 aromatic heterocycles. The molecule has 70 valence electrons. The summed E-state index contributed by atoms with van der Waals surface area (Å²) in [6, 6.07) is 0. The van der Waals surface area contributed by atoms with E-state index >= 15 is 0 Å². The fourth-order valence-corrected chi connectivity index (χ4v) is 1.39. The predicted molar refractivity (Wildman–Crippen MR) is 44.2 cm³/mol. The molecule has 0 aromatic carbocycles. The van der Waals surface area contributed by atoms with Crippen LogP contribution in [0.15, 0.2) is 0 Å². The van der Waals surface area contributed by atoms with Crippen molar-refractivity contribution in [1.82, 2.24) is 4.90 Å². The van der Waals surface area contributed by atoms with E-state index in [-0.39, 0.29) is 0 Å². The van der Waals surface area contributed by atoms with Gasteiger partial charge in [-0.25, -0.2) is 4.79 Å². The Labute approximate surface area is 72.1 Å². The number of hydrogen-bond acceptors (Lipinski definition) is 2. The zero-order chi connectivity index (χ0) is 8.97. The molecule has 1 N–H and O–H groups in total. The standard InChI is InChI=1S/C8H15NO3/c1-9(8(10)11)6-7-2-4-12-5-3-7/h7H,2-6H2,1H3,(H,10,11). The normalized spacial score (nSPS) is 19.1. The first kappa shape index (κ1) is 9.32. The minimum atomic E-state index is -0.846. The second kappa shape index (κ2) is 4.30. The quantitative estimate of drug-likeness (QED) is 0.678. The van der Waals surface area contributed by atoms with Crippen LogP contribution < -0.4 is 0 Å². The lowest BCUT2D eigenvalue weighted by Crippen LogP contribution is -2.33. The molecule has 0 aromatic rings. The molecule has 4 nitrogen and oxygen atoms in total. The van der Waals surface area contributed by atoms with E-state index in [2.05, 4.69) is 0 Å². The molecule has 12 heavy (non-hydrogen) atoms. The van der Waals surface area contributed by atoms with Crippen molar-refractivity contribution in [2.45, 2.75) is 12.8 Å². The lowest BCUT2D eigenvalue weighted by Gasteiger charge is -2.25. The fraction of sp³-hybridized carbons (Fsp3) is 0.875. The Morgan fingerprint density at radius 2 is 2.17 bits per heavy atom. The number of ether oxygens (including phenoxy) is 1. The van der Waals surface area contributed by atoms with E-state index in [4.69, 9.17) is 9.84 Å². The van der Waals surface area contributed by atoms with E-state index in [1.54, 1.807) is 7.05 Å². The molecule has 0 saturated carbocycles. The number of nitrogens with zero attached hydrogens (tertiary/aromatic N) is 1. The van der Waals surface area contributed by atoms with Crippen LogP contribution >= 0.6 is 0 Å². The number of carboxylic acid groups (broad SMARTS) is 1. The number of hydrogen-bond donors (Lipinski definition) is 1. The topological polar surface area (TPSA) is 49.8 Å². The van der Waals surface area contributed by atoms with Gasteiger partial charge in [0.25, 0.3) is 0 Å². The molecule has 1 amide bonds. The summed E-state index contributed by atoms with van der Waals surface area (Å²) in [5.41, 5.74) is 0. The number of amides is 1. The molecule has 1 aliphatic rings. The highest BCUT2D eigenvalue weighted by Gasteiger charge is 2.17. The maximum Gasteiger partial charge on any atom is 0.407 e. The first-order valence-electron chi connectivity index (χ1n) is 4.22. The average molecular weight is 173 g/mol. The van der Waals surface area contributed by atoms with Gasteiger partial charge >= 0.3 is 6.09 Å². The second-order valence-electron chi connectivity index (χ2n) is 3.22. The van der Waals surface area contributed by atoms with Crippen LogP contribution in [-0.2, 0) is 4.74 Å². The van der Waals surface area contributed by atoms with Gasteiger partial charge in [-0.1, -0.05) is 0 Å². The molecule has 1 aliphatic heterocycles. The Bertz CT molecular complexity index is 154. The SMILES string of the molecule is CN(CC1CCOCC1)C(=O)O. The van der Waals surface area contributed by atoms with Gasteiger partial charge in [0.2, 0.25) is 0 Å². The highest BCUT2D eigenvalue weighted by Crippen LogP contribution is 2.15. The largest absolute Gasteiger partial charge is 0.465 e. The summed E-state index contributed by atoms with van der Waals surface area (Å²) >= 11 is 0. The van der Waals surface area contributed by atoms with Gasteiger partial charge in [0.05, 0.1) is 0 Å². The van der Waals surface area contributed by atoms with Crippen LogP contribution in [0.5, 0.6) is 0 Å². The third-order valence-electron chi connectivity index (χ3n) is 2.20. The maximum atomic E-state index is 10.5. The molecule has 0 unspecified atom stereocenters. The van der Waals surface area contributed by atoms with Crippen molar-refractivity contribution in [3.8, 4) is 0 Å². The van der Waals surface area contributed by atoms with Crippen LogP contribution in [0.4, 0.5) is 4.79 Å². The van der Waals surface area contributed by atoms with E-state index in [1.807, 2.05) is 0 Å². The monoisotopic (exact) mass is 173 g/mol. The summed E-state index contributed by atoms with van der Waals surface area (Å²) in [4.78, 5) is 11.8. The molecule has 1 heterocycles. The van der Waals surface area contributed by atoms with Crippen molar-refractivity contribution >= 4 is 6.09 Å². The zero-order valence-electron chi connectivity index (χ0n) is 7.32. The van der Waals surface area contributed by atoms with Crippen molar-refractivity contribution < 1.29 is 14.6 Å². The van der Waals surface area contributed by atoms with Crippen LogP contribution in [0.2, 0.25) is 0 Å². The van der Waals surface area contributed by atoms with E-state index in [0.717, 1.165) is 26.1 Å². The highest BCUT2D eigenvalue weighted by molar-refractivity contribution is 5.64. The van der Waals surface area contributed by atoms with Crippen LogP contribution in [0.25, 0.3) is 0 Å². The molecule has 4 heteroatoms. The van der Waals surface area contributed by atoms with Crippen molar-refractivity contribution in [2.24, 2.45) is 5.92 Å². The summed E-state index contributed by atoms with van der Waals surface area (Å²) in [6.07, 6.45) is 1.12. The van der Waals surface area contributed by atoms with E-state index in [9.17, 15) is 4.79 Å². The van der Waals surface area contributed by atoms with Crippen molar-refractivity contribution in [1.29, 1.82) is 0 Å². The molecule has 0 atom stereocenters. The second-order valence-corrected chi connectivity index (χ2v) is 3.22. The first-order chi connectivity index (χ1) is 5.70. The van der Waals surface area contributed by atoms with Gasteiger partial charge in [0.15, 0.2) is 0 Å². The predicted octanol–water partition coefficient (Wildman–Crippen LogP) is 1.02. The Kier molecular flexibility index (Phi) is 3.34. The molecule has 1 rings (SSSR count). The fourth-order valence-electron chi connectivity index (χ4n) is 1.39. The maximum absolute atomic E-state index is 10.5. The van der Waals surface area contributed by atoms with Gasteiger partial charge in [0.1, 0.15) is 0 Å². The molecule has 0 bridgehead atoms. The lowest BCUT2D eigenvalue weighted by molar-refractivity contribution is 0.0552. The Morgan fingerprint density at radius 3 is 2.67 bits per heavy atom. The van der Waals surface area contributed by atoms with Crippen molar-refractivity contribution in [2.75, 3.05) is 26.8 Å². The molecule has 0 spiro atoms. The van der Waals surface area contributed by atoms with Crippen LogP contribution in [0.1, 0.15) is 12.8 Å². The van der Waals surface area contributed by atoms with Crippen LogP contribution in [-0.4, -0.2) is 42.9 Å². The Morgan fingerprint density at radius 1 is 1.58 bits per heavy atom. The third kappa shape index (κ3) is 2.70. The van der Waals surface area contributed by atoms with E-state index in [0.29, 0.717) is 12.5 Å². The third-order valence-corrected chi connectivity index (χ3v) is 2.20. The molecule has 1 fully saturated rings. The molecule has 0 aliphatic carbocycles. The van der Waals surface area contributed by atoms with Gasteiger partial charge in [-0.15, -0.1) is 0 Å². The van der Waals surface area contributed by atoms with Gasteiger partial charge in [-0.3, -0.25) is 0 Å². The first-order valence-corrected chi connectivity index (χ1v) is 4.22. The highest BCUT2D eigenvalue weighted by atomic mass is 16.5. The average Bonchev–Trinajstić information content (AvgIpc) is 2.06. The van der Waals surface area contributed by atoms with Crippen molar-refractivity contribution in [3.63, 3.8) is 0 Å². The van der Waals surface area contributed by atoms with E-state index < -0.39 is 6.09 Å². The van der Waals surface area contributed by atoms with Gasteiger partial charge in [-0.05, 0) is 18.8 Å². The Balaban J connectivity index is 2.24. The summed E-state index contributed by atoms with van der Waals surface area (Å²) < 4.78 is 5.18. The molecule has 0 radical (unpaired) electrons. The van der Waals surface area contributed by atoms with Gasteiger partial charge in [-0.2, -0.15) is 0 Å². The van der Waals surface area contributed by atoms with Crippen LogP contribution in [0, 0.1) is 5.92 Å². The smallest absolute Gasteiger partial charge is 0.407 e. The molecular formula is C8H15NO3. The molecular weight excluding hydrogens is 158 g/mol. The Hall–Kier alpha value is -0.770. The van der Waals surface area contributed by atoms with E-state index in [1.165, 1.54) is 4.90 Å². The lowest BCUT2D eigenvalue weighted by atomic mass is 10.0. The number of rotatable bonds is 2. The number of carbonyl (C=O) groups is 1. The summed E-state index contributed by atoms with van der Waals surface area (Å²) in [5, 5.41) is 8.61. The van der Waals surface area contributed by atoms with Crippen LogP contribution in [0.3, 0.4) is 0 Å². The van der Waals surface area contributed by atoms with Crippen molar-refractivity contribution in [3.05, 3.63) is 0 Å². The summed E-state index contributed by atoms with van der Waals surface area (Å²) in [7, 11) is 1.61. The minimum absolute atomic E-state index is 0.486. The molecule has 1 saturated heterocycles. The van der Waals surface area contributed by atoms with Gasteiger partial charge < -0.3 is 14.7 Å². The zero-order valence-corrected chi connectivity index (χ0v) is 7.32.